The van der Waals surface area contributed by atoms with Crippen molar-refractivity contribution in [2.75, 3.05) is 0 Å². The molecule has 1 heterocycles. The zero-order valence-electron chi connectivity index (χ0n) is 11.2. The fourth-order valence-electron chi connectivity index (χ4n) is 3.17. The lowest BCUT2D eigenvalue weighted by molar-refractivity contribution is 0.0972. The van der Waals surface area contributed by atoms with Crippen LogP contribution in [0.25, 0.3) is 16.5 Å². The monoisotopic (exact) mass is 261 g/mol. The Labute approximate surface area is 117 Å². The Morgan fingerprint density at radius 1 is 0.900 bits per heavy atom. The highest BCUT2D eigenvalue weighted by atomic mass is 16.1. The standard InChI is InChI=1S/C18H15NO/c20-18-10-4-9-17-15(18)11-12-19(17)16-8-3-6-13-5-1-2-7-14(13)16/h1-3,5-8,11-12H,4,9-10H2. The van der Waals surface area contributed by atoms with Crippen LogP contribution in [0.5, 0.6) is 0 Å². The third-order valence-electron chi connectivity index (χ3n) is 4.14. The summed E-state index contributed by atoms with van der Waals surface area (Å²) < 4.78 is 2.19. The highest BCUT2D eigenvalue weighted by Crippen LogP contribution is 2.29. The molecule has 1 aliphatic rings. The molecule has 2 heteroatoms. The van der Waals surface area contributed by atoms with Gasteiger partial charge < -0.3 is 4.57 Å². The maximum Gasteiger partial charge on any atom is 0.164 e. The second-order valence-corrected chi connectivity index (χ2v) is 5.32. The molecule has 4 rings (SSSR count). The van der Waals surface area contributed by atoms with Crippen molar-refractivity contribution >= 4 is 16.6 Å². The topological polar surface area (TPSA) is 22.0 Å². The molecule has 0 atom stereocenters. The lowest BCUT2D eigenvalue weighted by Gasteiger charge is -2.16. The van der Waals surface area contributed by atoms with Crippen LogP contribution in [0.3, 0.4) is 0 Å². The van der Waals surface area contributed by atoms with Gasteiger partial charge in [-0.15, -0.1) is 0 Å². The second-order valence-electron chi connectivity index (χ2n) is 5.32. The SMILES string of the molecule is O=C1CCCc2c1ccn2-c1cccc2ccccc12. The van der Waals surface area contributed by atoms with Gasteiger partial charge in [0.05, 0.1) is 5.69 Å². The molecule has 0 amide bonds. The van der Waals surface area contributed by atoms with Crippen LogP contribution in [-0.4, -0.2) is 10.4 Å². The van der Waals surface area contributed by atoms with Crippen molar-refractivity contribution in [1.29, 1.82) is 0 Å². The van der Waals surface area contributed by atoms with Crippen LogP contribution in [0.2, 0.25) is 0 Å². The minimum Gasteiger partial charge on any atom is -0.320 e. The smallest absolute Gasteiger partial charge is 0.164 e. The number of benzene rings is 2. The summed E-state index contributed by atoms with van der Waals surface area (Å²) in [6.45, 7) is 0. The van der Waals surface area contributed by atoms with Gasteiger partial charge in [-0.1, -0.05) is 36.4 Å². The van der Waals surface area contributed by atoms with Gasteiger partial charge in [0.25, 0.3) is 0 Å². The Kier molecular flexibility index (Phi) is 2.49. The van der Waals surface area contributed by atoms with Crippen LogP contribution in [-0.2, 0) is 6.42 Å². The maximum absolute atomic E-state index is 12.0. The van der Waals surface area contributed by atoms with Gasteiger partial charge in [0.1, 0.15) is 0 Å². The molecule has 1 aliphatic carbocycles. The molecule has 1 aromatic heterocycles. The van der Waals surface area contributed by atoms with E-state index in [0.717, 1.165) is 24.1 Å². The Morgan fingerprint density at radius 2 is 1.75 bits per heavy atom. The van der Waals surface area contributed by atoms with E-state index >= 15 is 0 Å². The van der Waals surface area contributed by atoms with Crippen molar-refractivity contribution in [1.82, 2.24) is 4.57 Å². The molecule has 0 spiro atoms. The summed E-state index contributed by atoms with van der Waals surface area (Å²) in [6, 6.07) is 16.7. The van der Waals surface area contributed by atoms with E-state index in [9.17, 15) is 4.79 Å². The number of hydrogen-bond acceptors (Lipinski definition) is 1. The van der Waals surface area contributed by atoms with Crippen molar-refractivity contribution in [2.24, 2.45) is 0 Å². The van der Waals surface area contributed by atoms with Crippen molar-refractivity contribution in [3.8, 4) is 5.69 Å². The Bertz CT molecular complexity index is 808. The zero-order valence-corrected chi connectivity index (χ0v) is 11.2. The molecular formula is C18H15NO. The molecule has 0 N–H and O–H groups in total. The molecular weight excluding hydrogens is 246 g/mol. The van der Waals surface area contributed by atoms with Gasteiger partial charge in [0, 0.05) is 29.3 Å². The molecule has 0 saturated carbocycles. The van der Waals surface area contributed by atoms with Crippen LogP contribution in [0.15, 0.2) is 54.7 Å². The van der Waals surface area contributed by atoms with Gasteiger partial charge in [-0.25, -0.2) is 0 Å². The van der Waals surface area contributed by atoms with Crippen LogP contribution >= 0.6 is 0 Å². The summed E-state index contributed by atoms with van der Waals surface area (Å²) in [5, 5.41) is 2.46. The first-order chi connectivity index (χ1) is 9.84. The number of rotatable bonds is 1. The van der Waals surface area contributed by atoms with E-state index < -0.39 is 0 Å². The average molecular weight is 261 g/mol. The first kappa shape index (κ1) is 11.5. The fraction of sp³-hybridized carbons (Fsp3) is 0.167. The first-order valence-electron chi connectivity index (χ1n) is 7.06. The molecule has 98 valence electrons. The lowest BCUT2D eigenvalue weighted by Crippen LogP contribution is -2.12. The van der Waals surface area contributed by atoms with Gasteiger partial charge in [0.15, 0.2) is 5.78 Å². The fourth-order valence-corrected chi connectivity index (χ4v) is 3.17. The third-order valence-corrected chi connectivity index (χ3v) is 4.14. The van der Waals surface area contributed by atoms with Gasteiger partial charge in [0.2, 0.25) is 0 Å². The van der Waals surface area contributed by atoms with E-state index in [-0.39, 0.29) is 5.78 Å². The van der Waals surface area contributed by atoms with E-state index in [1.165, 1.54) is 16.5 Å². The first-order valence-corrected chi connectivity index (χ1v) is 7.06. The number of carbonyl (C=O) groups excluding carboxylic acids is 1. The van der Waals surface area contributed by atoms with E-state index in [1.54, 1.807) is 0 Å². The molecule has 2 nitrogen and oxygen atoms in total. The summed E-state index contributed by atoms with van der Waals surface area (Å²) in [7, 11) is 0. The number of hydrogen-bond donors (Lipinski definition) is 0. The number of Topliss-reactive ketones (excluding diaryl/α,β-unsaturated/α-hetero) is 1. The molecule has 0 fully saturated rings. The molecule has 2 aromatic carbocycles. The van der Waals surface area contributed by atoms with Gasteiger partial charge in [-0.2, -0.15) is 0 Å². The van der Waals surface area contributed by atoms with Gasteiger partial charge in [-0.05, 0) is 30.4 Å². The van der Waals surface area contributed by atoms with Crippen molar-refractivity contribution < 1.29 is 4.79 Å². The van der Waals surface area contributed by atoms with Crippen molar-refractivity contribution in [2.45, 2.75) is 19.3 Å². The van der Waals surface area contributed by atoms with E-state index in [2.05, 4.69) is 47.0 Å². The predicted molar refractivity (Wildman–Crippen MR) is 80.5 cm³/mol. The molecule has 0 radical (unpaired) electrons. The summed E-state index contributed by atoms with van der Waals surface area (Å²) in [5.74, 6) is 0.283. The van der Waals surface area contributed by atoms with Crippen LogP contribution in [0, 0.1) is 0 Å². The van der Waals surface area contributed by atoms with E-state index in [1.807, 2.05) is 12.3 Å². The zero-order chi connectivity index (χ0) is 13.5. The Hall–Kier alpha value is -2.35. The Balaban J connectivity index is 1.99. The number of aromatic nitrogens is 1. The summed E-state index contributed by atoms with van der Waals surface area (Å²) in [5.41, 5.74) is 3.24. The maximum atomic E-state index is 12.0. The van der Waals surface area contributed by atoms with Gasteiger partial charge in [-0.3, -0.25) is 4.79 Å². The van der Waals surface area contributed by atoms with Crippen molar-refractivity contribution in [3.05, 3.63) is 66.0 Å². The molecule has 0 unspecified atom stereocenters. The molecule has 0 aliphatic heterocycles. The average Bonchev–Trinajstić information content (AvgIpc) is 2.92. The van der Waals surface area contributed by atoms with Gasteiger partial charge >= 0.3 is 0 Å². The predicted octanol–water partition coefficient (Wildman–Crippen LogP) is 4.15. The van der Waals surface area contributed by atoms with E-state index in [4.69, 9.17) is 0 Å². The summed E-state index contributed by atoms with van der Waals surface area (Å²) in [4.78, 5) is 12.0. The second kappa shape index (κ2) is 4.34. The number of nitrogens with zero attached hydrogens (tertiary/aromatic N) is 1. The van der Waals surface area contributed by atoms with E-state index in [0.29, 0.717) is 6.42 Å². The Morgan fingerprint density at radius 3 is 2.70 bits per heavy atom. The number of ketones is 1. The minimum atomic E-state index is 0.283. The molecule has 20 heavy (non-hydrogen) atoms. The van der Waals surface area contributed by atoms with Crippen LogP contribution in [0.1, 0.15) is 28.9 Å². The summed E-state index contributed by atoms with van der Waals surface area (Å²) >= 11 is 0. The number of carbonyl (C=O) groups is 1. The molecule has 0 bridgehead atoms. The lowest BCUT2D eigenvalue weighted by atomic mass is 9.96. The minimum absolute atomic E-state index is 0.283. The van der Waals surface area contributed by atoms with Crippen LogP contribution < -0.4 is 0 Å². The summed E-state index contributed by atoms with van der Waals surface area (Å²) in [6.07, 6.45) is 4.67. The van der Waals surface area contributed by atoms with Crippen molar-refractivity contribution in [3.63, 3.8) is 0 Å². The molecule has 3 aromatic rings. The highest BCUT2D eigenvalue weighted by Gasteiger charge is 2.21. The highest BCUT2D eigenvalue weighted by molar-refractivity contribution is 5.99. The molecule has 0 saturated heterocycles. The number of fused-ring (bicyclic) bond motifs is 2. The normalized spacial score (nSPS) is 14.5. The largest absolute Gasteiger partial charge is 0.320 e. The van der Waals surface area contributed by atoms with Crippen LogP contribution in [0.4, 0.5) is 0 Å². The quantitative estimate of drug-likeness (QED) is 0.645. The third kappa shape index (κ3) is 1.61.